The Hall–Kier alpha value is -7.28. The number of methoxy groups -OCH3 is 4. The van der Waals surface area contributed by atoms with Crippen LogP contribution < -0.4 is 0 Å². The van der Waals surface area contributed by atoms with Crippen LogP contribution in [-0.2, 0) is 79.5 Å². The van der Waals surface area contributed by atoms with Gasteiger partial charge in [-0.05, 0) is 99.2 Å². The lowest BCUT2D eigenvalue weighted by Crippen LogP contribution is -2.62. The van der Waals surface area contributed by atoms with Crippen molar-refractivity contribution in [3.63, 3.8) is 0 Å². The van der Waals surface area contributed by atoms with E-state index in [0.29, 0.717) is 26.9 Å². The van der Waals surface area contributed by atoms with Gasteiger partial charge in [0.2, 0.25) is 0 Å². The van der Waals surface area contributed by atoms with E-state index in [-0.39, 0.29) is 49.7 Å². The molecule has 0 unspecified atom stereocenters. The standard InChI is InChI=1S/C70H76F12O12/c1-43(2)35-36-50(92-57(84)64(88-9,68(74,75)76)47-29-18-13-19-30-47)44(3)25-24-26-45(4)55-51(93-58(85)65(89-10,69(77,78)79)48-31-20-14-21-32-48)41-53-60(5)40-38-54(94-59(86)66(90-11,70(80,81)82)49-33-22-15-23-34-49)62(7,52(60)37-39-61(53,55)6)42-91-56(83)63(87-8,67(71,72)73)46-27-16-12-17-28-46/h12-35,50-54H,36-42H2,1-11H3/b26-24+,44-25+,55-45+/t50-,51-,52+,53-,54+,60-,61-,62+,63+,64+,65+,66+/m0/s1. The largest absolute Gasteiger partial charge is 0.462 e. The molecule has 0 radical (unpaired) electrons. The minimum atomic E-state index is -5.50. The van der Waals surface area contributed by atoms with E-state index < -0.39 is 146 Å². The molecule has 0 aromatic heterocycles. The van der Waals surface area contributed by atoms with Gasteiger partial charge in [-0.1, -0.05) is 172 Å². The number of hydrogen-bond donors (Lipinski definition) is 0. The first kappa shape index (κ1) is 74.1. The van der Waals surface area contributed by atoms with Gasteiger partial charge in [-0.3, -0.25) is 0 Å². The molecule has 24 heteroatoms. The van der Waals surface area contributed by atoms with E-state index in [2.05, 4.69) is 0 Å². The fourth-order valence-corrected chi connectivity index (χ4v) is 14.8. The summed E-state index contributed by atoms with van der Waals surface area (Å²) in [5.74, 6) is -9.43. The summed E-state index contributed by atoms with van der Waals surface area (Å²) in [4.78, 5) is 57.8. The normalized spacial score (nSPS) is 26.2. The molecule has 3 aliphatic rings. The molecule has 0 heterocycles. The van der Waals surface area contributed by atoms with Crippen LogP contribution in [0.2, 0.25) is 0 Å². The van der Waals surface area contributed by atoms with Crippen molar-refractivity contribution in [2.24, 2.45) is 28.1 Å². The second kappa shape index (κ2) is 27.8. The van der Waals surface area contributed by atoms with Gasteiger partial charge in [-0.25, -0.2) is 19.2 Å². The third kappa shape index (κ3) is 13.0. The third-order valence-electron chi connectivity index (χ3n) is 19.5. The van der Waals surface area contributed by atoms with Gasteiger partial charge in [0.1, 0.15) is 24.9 Å². The highest BCUT2D eigenvalue weighted by atomic mass is 19.4. The fraction of sp³-hybridized carbons (Fsp3) is 0.486. The van der Waals surface area contributed by atoms with Crippen LogP contribution in [0.25, 0.3) is 0 Å². The number of esters is 4. The Morgan fingerprint density at radius 1 is 0.521 bits per heavy atom. The quantitative estimate of drug-likeness (QED) is 0.0243. The van der Waals surface area contributed by atoms with Crippen molar-refractivity contribution in [2.75, 3.05) is 35.0 Å². The molecule has 0 saturated heterocycles. The molecule has 4 aromatic rings. The van der Waals surface area contributed by atoms with Crippen LogP contribution in [0.5, 0.6) is 0 Å². The summed E-state index contributed by atoms with van der Waals surface area (Å²) in [6.45, 7) is 10.3. The zero-order valence-corrected chi connectivity index (χ0v) is 53.6. The Kier molecular flexibility index (Phi) is 21.9. The molecule has 3 aliphatic carbocycles. The van der Waals surface area contributed by atoms with Gasteiger partial charge in [0, 0.05) is 62.5 Å². The Bertz CT molecular complexity index is 3460. The highest BCUT2D eigenvalue weighted by Crippen LogP contribution is 2.71. The van der Waals surface area contributed by atoms with Gasteiger partial charge in [0.25, 0.3) is 22.4 Å². The molecule has 0 bridgehead atoms. The average Bonchev–Trinajstić information content (AvgIpc) is 1.43. The number of fused-ring (bicyclic) bond motifs is 3. The van der Waals surface area contributed by atoms with E-state index in [0.717, 1.165) is 61.2 Å². The van der Waals surface area contributed by atoms with Crippen molar-refractivity contribution in [1.82, 2.24) is 0 Å². The SMILES string of the molecule is CO[C@@](C(=O)OC[C@]1(C)[C@@H]2CC[C@]3(C)/C(=C(C)/C=C/C=C(\C)[C@H](CC=C(C)C)OC(=O)[C@](OC)(c4ccccc4)C(F)(F)F)[C@@H](OC(=O)[C@](OC)(c4ccccc4)C(F)(F)F)C[C@H]3[C@@]2(C)CC[C@H]1OC(=O)[C@](OC)(c1ccccc1)C(F)(F)F)(c1ccccc1)C(F)(F)F. The van der Waals surface area contributed by atoms with Crippen molar-refractivity contribution >= 4 is 23.9 Å². The Balaban J connectivity index is 1.38. The Labute approximate surface area is 537 Å². The van der Waals surface area contributed by atoms with Gasteiger partial charge in [0.05, 0.1) is 0 Å². The van der Waals surface area contributed by atoms with Gasteiger partial charge in [-0.2, -0.15) is 52.7 Å². The monoisotopic (exact) mass is 1340 g/mol. The van der Waals surface area contributed by atoms with E-state index in [9.17, 15) is 19.2 Å². The summed E-state index contributed by atoms with van der Waals surface area (Å²) in [7, 11) is 2.68. The first-order valence-electron chi connectivity index (χ1n) is 30.1. The molecular weight excluding hydrogens is 1260 g/mol. The number of allylic oxidation sites excluding steroid dienone is 5. The van der Waals surface area contributed by atoms with E-state index >= 15 is 52.7 Å². The lowest BCUT2D eigenvalue weighted by atomic mass is 9.43. The highest BCUT2D eigenvalue weighted by molar-refractivity contribution is 5.85. The van der Waals surface area contributed by atoms with Crippen LogP contribution in [0, 0.1) is 28.1 Å². The number of hydrogen-bond acceptors (Lipinski definition) is 12. The second-order valence-corrected chi connectivity index (χ2v) is 25.0. The van der Waals surface area contributed by atoms with Crippen LogP contribution in [0.15, 0.2) is 168 Å². The van der Waals surface area contributed by atoms with Crippen LogP contribution >= 0.6 is 0 Å². The highest BCUT2D eigenvalue weighted by Gasteiger charge is 2.72. The fourth-order valence-electron chi connectivity index (χ4n) is 14.8. The number of carbonyl (C=O) groups is 4. The number of halogens is 12. The Morgan fingerprint density at radius 3 is 1.31 bits per heavy atom. The lowest BCUT2D eigenvalue weighted by Gasteiger charge is -2.63. The molecule has 0 N–H and O–H groups in total. The first-order valence-corrected chi connectivity index (χ1v) is 30.1. The molecule has 7 rings (SSSR count). The summed E-state index contributed by atoms with van der Waals surface area (Å²) >= 11 is 0. The van der Waals surface area contributed by atoms with Crippen molar-refractivity contribution in [2.45, 2.75) is 152 Å². The molecule has 4 aromatic carbocycles. The summed E-state index contributed by atoms with van der Waals surface area (Å²) in [5.41, 5.74) is -20.3. The van der Waals surface area contributed by atoms with Crippen LogP contribution in [0.3, 0.4) is 0 Å². The third-order valence-corrected chi connectivity index (χ3v) is 19.5. The second-order valence-electron chi connectivity index (χ2n) is 25.0. The predicted octanol–water partition coefficient (Wildman–Crippen LogP) is 16.1. The van der Waals surface area contributed by atoms with Crippen LogP contribution in [0.1, 0.15) is 109 Å². The molecule has 0 aliphatic heterocycles. The summed E-state index contributed by atoms with van der Waals surface area (Å²) in [5, 5.41) is 0. The molecule has 0 amide bonds. The summed E-state index contributed by atoms with van der Waals surface area (Å²) in [6.07, 6.45) is -21.2. The zero-order chi connectivity index (χ0) is 69.9. The molecule has 3 saturated carbocycles. The smallest absolute Gasteiger partial charge is 0.432 e. The van der Waals surface area contributed by atoms with E-state index in [4.69, 9.17) is 37.9 Å². The molecular formula is C70H76F12O12. The summed E-state index contributed by atoms with van der Waals surface area (Å²) in [6, 6.07) is 23.7. The minimum absolute atomic E-state index is 0.00924. The molecule has 12 nitrogen and oxygen atoms in total. The van der Waals surface area contributed by atoms with Crippen molar-refractivity contribution in [3.05, 3.63) is 190 Å². The van der Waals surface area contributed by atoms with Crippen molar-refractivity contribution < 1.29 is 110 Å². The Morgan fingerprint density at radius 2 is 0.915 bits per heavy atom. The minimum Gasteiger partial charge on any atom is -0.462 e. The van der Waals surface area contributed by atoms with Crippen LogP contribution in [0.4, 0.5) is 52.7 Å². The van der Waals surface area contributed by atoms with E-state index in [1.807, 2.05) is 0 Å². The first-order chi connectivity index (χ1) is 43.9. The molecule has 512 valence electrons. The van der Waals surface area contributed by atoms with Crippen molar-refractivity contribution in [1.29, 1.82) is 0 Å². The lowest BCUT2D eigenvalue weighted by molar-refractivity contribution is -0.287. The van der Waals surface area contributed by atoms with Gasteiger partial charge < -0.3 is 37.9 Å². The molecule has 94 heavy (non-hydrogen) atoms. The maximum Gasteiger partial charge on any atom is 0.432 e. The number of benzene rings is 4. The van der Waals surface area contributed by atoms with Gasteiger partial charge in [-0.15, -0.1) is 0 Å². The number of rotatable bonds is 22. The maximum absolute atomic E-state index is 15.7. The van der Waals surface area contributed by atoms with E-state index in [1.54, 1.807) is 40.7 Å². The van der Waals surface area contributed by atoms with Crippen molar-refractivity contribution in [3.8, 4) is 0 Å². The molecule has 3 fully saturated rings. The zero-order valence-electron chi connectivity index (χ0n) is 53.6. The van der Waals surface area contributed by atoms with Gasteiger partial charge in [0.15, 0.2) is 0 Å². The number of ether oxygens (including phenoxy) is 8. The maximum atomic E-state index is 15.7. The topological polar surface area (TPSA) is 142 Å². The molecule has 0 spiro atoms. The average molecular weight is 1340 g/mol. The predicted molar refractivity (Wildman–Crippen MR) is 319 cm³/mol. The number of carbonyl (C=O) groups excluding carboxylic acids is 4. The number of alkyl halides is 12. The van der Waals surface area contributed by atoms with E-state index in [1.165, 1.54) is 105 Å². The van der Waals surface area contributed by atoms with Crippen LogP contribution in [-0.4, -0.2) is 102 Å². The molecule has 12 atom stereocenters. The summed E-state index contributed by atoms with van der Waals surface area (Å²) < 4.78 is 229. The van der Waals surface area contributed by atoms with Gasteiger partial charge >= 0.3 is 48.6 Å².